The first kappa shape index (κ1) is 21.8. The Morgan fingerprint density at radius 2 is 1.32 bits per heavy atom. The largest absolute Gasteiger partial charge is 0.339 e. The second-order valence-electron chi connectivity index (χ2n) is 10.9. The second-order valence-corrected chi connectivity index (χ2v) is 10.9. The van der Waals surface area contributed by atoms with E-state index < -0.39 is 0 Å². The summed E-state index contributed by atoms with van der Waals surface area (Å²) in [5.74, 6) is 3.60. The summed E-state index contributed by atoms with van der Waals surface area (Å²) in [4.78, 5) is 0. The molecule has 0 amide bonds. The van der Waals surface area contributed by atoms with Gasteiger partial charge in [-0.25, -0.2) is 0 Å². The van der Waals surface area contributed by atoms with Crippen molar-refractivity contribution < 1.29 is 9.47 Å². The summed E-state index contributed by atoms with van der Waals surface area (Å²) in [6.45, 7) is 25.1. The lowest BCUT2D eigenvalue weighted by Gasteiger charge is -2.43. The van der Waals surface area contributed by atoms with Gasteiger partial charge in [-0.15, -0.1) is 0 Å². The Morgan fingerprint density at radius 1 is 0.786 bits per heavy atom. The number of rotatable bonds is 2. The molecule has 1 heterocycles. The molecule has 28 heavy (non-hydrogen) atoms. The van der Waals surface area contributed by atoms with E-state index in [1.807, 2.05) is 0 Å². The van der Waals surface area contributed by atoms with Crippen molar-refractivity contribution in [2.45, 2.75) is 106 Å². The Morgan fingerprint density at radius 3 is 1.86 bits per heavy atom. The summed E-state index contributed by atoms with van der Waals surface area (Å²) in [5.41, 5.74) is 6.22. The van der Waals surface area contributed by atoms with E-state index in [2.05, 4.69) is 82.2 Å². The van der Waals surface area contributed by atoms with Crippen molar-refractivity contribution in [3.05, 3.63) is 33.9 Å². The van der Waals surface area contributed by atoms with Crippen molar-refractivity contribution in [2.24, 2.45) is 23.7 Å². The minimum atomic E-state index is -0.308. The lowest BCUT2D eigenvalue weighted by atomic mass is 9.62. The highest BCUT2D eigenvalue weighted by Crippen LogP contribution is 2.51. The third kappa shape index (κ3) is 3.35. The van der Waals surface area contributed by atoms with E-state index in [-0.39, 0.29) is 17.5 Å². The van der Waals surface area contributed by atoms with Crippen LogP contribution in [0.4, 0.5) is 0 Å². The quantitative estimate of drug-likeness (QED) is 0.533. The lowest BCUT2D eigenvalue weighted by Crippen LogP contribution is -2.41. The van der Waals surface area contributed by atoms with Gasteiger partial charge in [0.25, 0.3) is 0 Å². The molecule has 0 aromatic heterocycles. The van der Waals surface area contributed by atoms with Gasteiger partial charge in [-0.05, 0) is 107 Å². The van der Waals surface area contributed by atoms with E-state index in [4.69, 9.17) is 9.47 Å². The summed E-state index contributed by atoms with van der Waals surface area (Å²) >= 11 is 0. The summed E-state index contributed by atoms with van der Waals surface area (Å²) in [6.07, 6.45) is 0.995. The molecule has 1 aliphatic heterocycles. The number of hydrogen-bond donors (Lipinski definition) is 0. The molecule has 0 spiro atoms. The maximum atomic E-state index is 6.47. The van der Waals surface area contributed by atoms with Crippen LogP contribution in [0.25, 0.3) is 0 Å². The monoisotopic (exact) mass is 386 g/mol. The Bertz CT molecular complexity index is 729. The first-order chi connectivity index (χ1) is 12.8. The van der Waals surface area contributed by atoms with Crippen molar-refractivity contribution in [3.8, 4) is 0 Å². The highest BCUT2D eigenvalue weighted by molar-refractivity contribution is 5.47. The molecule has 1 aromatic rings. The van der Waals surface area contributed by atoms with Gasteiger partial charge >= 0.3 is 0 Å². The van der Waals surface area contributed by atoms with Gasteiger partial charge in [-0.3, -0.25) is 0 Å². The molecule has 5 unspecified atom stereocenters. The first-order valence-electron chi connectivity index (χ1n) is 11.2. The van der Waals surface area contributed by atoms with Crippen LogP contribution in [0, 0.1) is 44.4 Å². The lowest BCUT2D eigenvalue weighted by molar-refractivity contribution is -0.0904. The van der Waals surface area contributed by atoms with E-state index >= 15 is 0 Å². The van der Waals surface area contributed by atoms with Crippen molar-refractivity contribution >= 4 is 0 Å². The molecule has 0 radical (unpaired) electrons. The van der Waals surface area contributed by atoms with Gasteiger partial charge in [0, 0.05) is 5.56 Å². The van der Waals surface area contributed by atoms with Crippen molar-refractivity contribution in [1.82, 2.24) is 0 Å². The number of benzene rings is 1. The molecule has 1 aromatic carbocycles. The summed E-state index contributed by atoms with van der Waals surface area (Å²) in [6, 6.07) is 2.45. The molecule has 0 bridgehead atoms. The predicted octanol–water partition coefficient (Wildman–Crippen LogP) is 7.25. The molecular weight excluding hydrogens is 344 g/mol. The van der Waals surface area contributed by atoms with Gasteiger partial charge in [-0.1, -0.05) is 33.8 Å². The minimum Gasteiger partial charge on any atom is -0.339 e. The molecular formula is C26H42O2. The zero-order valence-electron chi connectivity index (χ0n) is 20.1. The van der Waals surface area contributed by atoms with Crippen LogP contribution in [0.5, 0.6) is 0 Å². The van der Waals surface area contributed by atoms with Gasteiger partial charge < -0.3 is 9.47 Å². The molecule has 2 heteroatoms. The van der Waals surface area contributed by atoms with E-state index in [0.717, 1.165) is 17.8 Å². The molecule has 3 rings (SSSR count). The SMILES string of the molecule is Cc1cc(C2CC(C)C(C)C(C)C2C)c(C)c(C2OC(C)(C)C(C)(C)O2)c1C. The van der Waals surface area contributed by atoms with Gasteiger partial charge in [0.05, 0.1) is 11.2 Å². The van der Waals surface area contributed by atoms with E-state index in [9.17, 15) is 0 Å². The number of aryl methyl sites for hydroxylation is 1. The zero-order chi connectivity index (χ0) is 21.2. The van der Waals surface area contributed by atoms with Crippen molar-refractivity contribution in [3.63, 3.8) is 0 Å². The van der Waals surface area contributed by atoms with Crippen LogP contribution in [0.3, 0.4) is 0 Å². The smallest absolute Gasteiger partial charge is 0.185 e. The average Bonchev–Trinajstić information content (AvgIpc) is 2.80. The van der Waals surface area contributed by atoms with Crippen LogP contribution in [-0.4, -0.2) is 11.2 Å². The fraction of sp³-hybridized carbons (Fsp3) is 0.769. The van der Waals surface area contributed by atoms with Crippen LogP contribution in [0.1, 0.15) is 102 Å². The molecule has 1 saturated carbocycles. The second kappa shape index (κ2) is 7.13. The normalized spacial score (nSPS) is 35.3. The molecule has 0 N–H and O–H groups in total. The van der Waals surface area contributed by atoms with Gasteiger partial charge in [0.1, 0.15) is 0 Å². The standard InChI is InChI=1S/C26H42O2/c1-14-12-21(19(6)18(5)16(14)3)22-13-15(2)17(4)23(20(22)7)24-27-25(8,9)26(10,11)28-24/h13-14,16,18-19,21,24H,12H2,1-11H3. The Kier molecular flexibility index (Phi) is 5.56. The third-order valence-electron chi connectivity index (χ3n) is 8.91. The van der Waals surface area contributed by atoms with Crippen LogP contribution in [0.2, 0.25) is 0 Å². The fourth-order valence-electron chi connectivity index (χ4n) is 5.40. The Balaban J connectivity index is 2.07. The van der Waals surface area contributed by atoms with Crippen LogP contribution >= 0.6 is 0 Å². The Labute approximate surface area is 173 Å². The maximum absolute atomic E-state index is 6.47. The summed E-state index contributed by atoms with van der Waals surface area (Å²) in [5, 5.41) is 0. The molecule has 1 saturated heterocycles. The molecule has 2 fully saturated rings. The highest BCUT2D eigenvalue weighted by Gasteiger charge is 2.50. The summed E-state index contributed by atoms with van der Waals surface area (Å²) in [7, 11) is 0. The van der Waals surface area contributed by atoms with Gasteiger partial charge in [0.2, 0.25) is 0 Å². The van der Waals surface area contributed by atoms with Gasteiger partial charge in [0.15, 0.2) is 6.29 Å². The zero-order valence-corrected chi connectivity index (χ0v) is 20.1. The number of ether oxygens (including phenoxy) is 2. The first-order valence-corrected chi connectivity index (χ1v) is 11.2. The van der Waals surface area contributed by atoms with E-state index in [0.29, 0.717) is 11.8 Å². The van der Waals surface area contributed by atoms with Crippen LogP contribution in [0.15, 0.2) is 6.07 Å². The Hall–Kier alpha value is -0.860. The van der Waals surface area contributed by atoms with Crippen LogP contribution < -0.4 is 0 Å². The van der Waals surface area contributed by atoms with Gasteiger partial charge in [-0.2, -0.15) is 0 Å². The topological polar surface area (TPSA) is 18.5 Å². The van der Waals surface area contributed by atoms with Crippen molar-refractivity contribution in [1.29, 1.82) is 0 Å². The molecule has 158 valence electrons. The summed E-state index contributed by atoms with van der Waals surface area (Å²) < 4.78 is 12.9. The van der Waals surface area contributed by atoms with Crippen LogP contribution in [-0.2, 0) is 9.47 Å². The van der Waals surface area contributed by atoms with E-state index in [1.165, 1.54) is 34.2 Å². The molecule has 1 aliphatic carbocycles. The molecule has 5 atom stereocenters. The third-order valence-corrected chi connectivity index (χ3v) is 8.91. The molecule has 2 nitrogen and oxygen atoms in total. The number of hydrogen-bond acceptors (Lipinski definition) is 2. The molecule has 2 aliphatic rings. The highest BCUT2D eigenvalue weighted by atomic mass is 16.7. The predicted molar refractivity (Wildman–Crippen MR) is 118 cm³/mol. The van der Waals surface area contributed by atoms with E-state index in [1.54, 1.807) is 0 Å². The van der Waals surface area contributed by atoms with Crippen molar-refractivity contribution in [2.75, 3.05) is 0 Å². The maximum Gasteiger partial charge on any atom is 0.185 e. The minimum absolute atomic E-state index is 0.281. The fourth-order valence-corrected chi connectivity index (χ4v) is 5.40. The average molecular weight is 387 g/mol.